The Hall–Kier alpha value is -3.33. The molecule has 0 bridgehead atoms. The Bertz CT molecular complexity index is 1290. The first-order chi connectivity index (χ1) is 17.8. The molecule has 0 radical (unpaired) electrons. The second-order valence-electron chi connectivity index (χ2n) is 9.27. The molecule has 3 aromatic rings. The van der Waals surface area contributed by atoms with Crippen LogP contribution in [-0.2, 0) is 24.3 Å². The third-order valence-electron chi connectivity index (χ3n) is 6.51. The van der Waals surface area contributed by atoms with Crippen LogP contribution < -0.4 is 10.1 Å². The zero-order valence-electron chi connectivity index (χ0n) is 21.0. The normalized spacial score (nSPS) is 13.8. The van der Waals surface area contributed by atoms with Gasteiger partial charge < -0.3 is 15.2 Å². The summed E-state index contributed by atoms with van der Waals surface area (Å²) in [5, 5.41) is 12.5. The van der Waals surface area contributed by atoms with Gasteiger partial charge in [-0.15, -0.1) is 0 Å². The van der Waals surface area contributed by atoms with Gasteiger partial charge >= 0.3 is 5.97 Å². The van der Waals surface area contributed by atoms with Gasteiger partial charge in [0.25, 0.3) is 6.01 Å². The van der Waals surface area contributed by atoms with Crippen molar-refractivity contribution < 1.29 is 23.8 Å². The molecule has 1 fully saturated rings. The number of imidazole rings is 1. The maximum atomic E-state index is 13.8. The van der Waals surface area contributed by atoms with Gasteiger partial charge in [-0.25, -0.2) is 9.18 Å². The Balaban J connectivity index is 1.63. The monoisotopic (exact) mass is 525 g/mol. The fourth-order valence-electron chi connectivity index (χ4n) is 4.42. The molecule has 0 saturated heterocycles. The number of halogens is 1. The van der Waals surface area contributed by atoms with Crippen molar-refractivity contribution in [2.75, 3.05) is 6.61 Å². The second kappa shape index (κ2) is 11.8. The smallest absolute Gasteiger partial charge is 0.336 e. The summed E-state index contributed by atoms with van der Waals surface area (Å²) in [5.41, 5.74) is 3.32. The van der Waals surface area contributed by atoms with Crippen LogP contribution in [0.3, 0.4) is 0 Å². The molecule has 1 saturated carbocycles. The van der Waals surface area contributed by atoms with E-state index < -0.39 is 11.8 Å². The zero-order chi connectivity index (χ0) is 26.5. The SMILES string of the molecule is CCOc1nc(CC)c(CNC(=O)C(S)CC2CC2)n1Cc1ccc(-c2cccc(F)c2)c(C(=O)O)c1. The molecule has 2 N–H and O–H groups in total. The average Bonchev–Trinajstić information content (AvgIpc) is 3.64. The van der Waals surface area contributed by atoms with Gasteiger partial charge in [-0.3, -0.25) is 9.36 Å². The number of aryl methyl sites for hydroxylation is 1. The topological polar surface area (TPSA) is 93.5 Å². The Labute approximate surface area is 221 Å². The molecule has 0 spiro atoms. The first-order valence-electron chi connectivity index (χ1n) is 12.6. The van der Waals surface area contributed by atoms with E-state index in [9.17, 15) is 19.1 Å². The fraction of sp³-hybridized carbons (Fsp3) is 0.393. The van der Waals surface area contributed by atoms with Gasteiger partial charge in [-0.2, -0.15) is 17.6 Å². The van der Waals surface area contributed by atoms with Crippen LogP contribution in [0.5, 0.6) is 6.01 Å². The minimum atomic E-state index is -1.10. The Morgan fingerprint density at radius 3 is 2.68 bits per heavy atom. The molecule has 1 amide bonds. The molecule has 1 unspecified atom stereocenters. The van der Waals surface area contributed by atoms with Crippen molar-refractivity contribution in [3.8, 4) is 17.1 Å². The van der Waals surface area contributed by atoms with Crippen LogP contribution in [0.25, 0.3) is 11.1 Å². The highest BCUT2D eigenvalue weighted by Gasteiger charge is 2.27. The number of nitrogens with zero attached hydrogens (tertiary/aromatic N) is 2. The summed E-state index contributed by atoms with van der Waals surface area (Å²) in [5.74, 6) is -1.06. The van der Waals surface area contributed by atoms with Gasteiger partial charge in [0.05, 0.1) is 41.9 Å². The lowest BCUT2D eigenvalue weighted by Crippen LogP contribution is -2.32. The third-order valence-corrected chi connectivity index (χ3v) is 6.95. The number of hydrogen-bond acceptors (Lipinski definition) is 5. The number of aromatic nitrogens is 2. The Morgan fingerprint density at radius 2 is 2.03 bits per heavy atom. The number of amides is 1. The summed E-state index contributed by atoms with van der Waals surface area (Å²) in [7, 11) is 0. The number of carboxylic acids is 1. The number of carboxylic acid groups (broad SMARTS) is 1. The summed E-state index contributed by atoms with van der Waals surface area (Å²) < 4.78 is 21.5. The van der Waals surface area contributed by atoms with E-state index in [0.717, 1.165) is 30.7 Å². The zero-order valence-corrected chi connectivity index (χ0v) is 21.9. The number of benzene rings is 2. The van der Waals surface area contributed by atoms with Gasteiger partial charge in [0.2, 0.25) is 5.91 Å². The standard InChI is InChI=1S/C28H32FN3O4S/c1-3-23-24(15-30-26(33)25(37)13-17-8-9-17)32(28(31-23)36-4-2)16-18-10-11-21(22(12-18)27(34)35)19-6-5-7-20(29)14-19/h5-7,10-12,14,17,25,37H,3-4,8-9,13,15-16H2,1-2H3,(H,30,33)(H,34,35). The van der Waals surface area contributed by atoms with Crippen molar-refractivity contribution in [3.63, 3.8) is 0 Å². The summed E-state index contributed by atoms with van der Waals surface area (Å²) in [4.78, 5) is 29.4. The molecular weight excluding hydrogens is 493 g/mol. The number of hydrogen-bond donors (Lipinski definition) is 3. The van der Waals surface area contributed by atoms with Crippen molar-refractivity contribution in [1.82, 2.24) is 14.9 Å². The van der Waals surface area contributed by atoms with Gasteiger partial charge in [-0.1, -0.05) is 44.0 Å². The molecule has 9 heteroatoms. The van der Waals surface area contributed by atoms with Crippen LogP contribution in [0.1, 0.15) is 60.4 Å². The molecule has 37 heavy (non-hydrogen) atoms. The van der Waals surface area contributed by atoms with Gasteiger partial charge in [0.15, 0.2) is 0 Å². The van der Waals surface area contributed by atoms with Gasteiger partial charge in [0, 0.05) is 0 Å². The summed E-state index contributed by atoms with van der Waals surface area (Å²) in [6, 6.07) is 11.4. The molecule has 1 aliphatic carbocycles. The number of aromatic carboxylic acids is 1. The van der Waals surface area contributed by atoms with Crippen LogP contribution in [0.4, 0.5) is 4.39 Å². The van der Waals surface area contributed by atoms with Crippen LogP contribution in [0, 0.1) is 11.7 Å². The number of thiol groups is 1. The summed E-state index contributed by atoms with van der Waals surface area (Å²) in [6.07, 6.45) is 3.73. The maximum Gasteiger partial charge on any atom is 0.336 e. The number of rotatable bonds is 12. The minimum absolute atomic E-state index is 0.0738. The lowest BCUT2D eigenvalue weighted by atomic mass is 9.97. The molecule has 4 rings (SSSR count). The predicted octanol–water partition coefficient (Wildman–Crippen LogP) is 5.11. The van der Waals surface area contributed by atoms with Crippen LogP contribution >= 0.6 is 12.6 Å². The van der Waals surface area contributed by atoms with E-state index >= 15 is 0 Å². The van der Waals surface area contributed by atoms with Crippen molar-refractivity contribution in [1.29, 1.82) is 0 Å². The summed E-state index contributed by atoms with van der Waals surface area (Å²) in [6.45, 7) is 4.82. The molecule has 1 aromatic heterocycles. The Kier molecular flexibility index (Phi) is 8.53. The minimum Gasteiger partial charge on any atom is -0.478 e. The molecule has 0 aliphatic heterocycles. The van der Waals surface area contributed by atoms with Crippen molar-refractivity contribution in [2.24, 2.45) is 5.92 Å². The highest BCUT2D eigenvalue weighted by atomic mass is 32.1. The molecular formula is C28H32FN3O4S. The molecule has 2 aromatic carbocycles. The predicted molar refractivity (Wildman–Crippen MR) is 143 cm³/mol. The van der Waals surface area contributed by atoms with Crippen LogP contribution in [0.15, 0.2) is 42.5 Å². The average molecular weight is 526 g/mol. The first-order valence-corrected chi connectivity index (χ1v) is 13.1. The molecule has 196 valence electrons. The van der Waals surface area contributed by atoms with E-state index in [4.69, 9.17) is 4.74 Å². The van der Waals surface area contributed by atoms with E-state index in [0.29, 0.717) is 48.2 Å². The lowest BCUT2D eigenvalue weighted by molar-refractivity contribution is -0.120. The van der Waals surface area contributed by atoms with Crippen LogP contribution in [0.2, 0.25) is 0 Å². The van der Waals surface area contributed by atoms with E-state index in [1.807, 2.05) is 24.5 Å². The highest BCUT2D eigenvalue weighted by molar-refractivity contribution is 7.81. The molecule has 1 atom stereocenters. The van der Waals surface area contributed by atoms with Gasteiger partial charge in [0.1, 0.15) is 5.82 Å². The number of ether oxygens (including phenoxy) is 1. The number of carbonyl (C=O) groups is 2. The lowest BCUT2D eigenvalue weighted by Gasteiger charge is -2.16. The largest absolute Gasteiger partial charge is 0.478 e. The maximum absolute atomic E-state index is 13.8. The van der Waals surface area contributed by atoms with Crippen molar-refractivity contribution >= 4 is 24.5 Å². The highest BCUT2D eigenvalue weighted by Crippen LogP contribution is 2.35. The van der Waals surface area contributed by atoms with Crippen LogP contribution in [-0.4, -0.2) is 38.4 Å². The van der Waals surface area contributed by atoms with E-state index in [-0.39, 0.29) is 23.3 Å². The number of carbonyl (C=O) groups excluding carboxylic acids is 1. The van der Waals surface area contributed by atoms with Crippen molar-refractivity contribution in [3.05, 3.63) is 70.8 Å². The fourth-order valence-corrected chi connectivity index (χ4v) is 4.81. The second-order valence-corrected chi connectivity index (χ2v) is 9.89. The van der Waals surface area contributed by atoms with E-state index in [1.165, 1.54) is 12.1 Å². The Morgan fingerprint density at radius 1 is 1.24 bits per heavy atom. The van der Waals surface area contributed by atoms with E-state index in [1.54, 1.807) is 24.3 Å². The molecule has 1 aliphatic rings. The molecule has 7 nitrogen and oxygen atoms in total. The van der Waals surface area contributed by atoms with Crippen molar-refractivity contribution in [2.45, 2.75) is 57.9 Å². The number of nitrogens with one attached hydrogen (secondary N) is 1. The quantitative estimate of drug-likeness (QED) is 0.286. The summed E-state index contributed by atoms with van der Waals surface area (Å²) >= 11 is 4.48. The first kappa shape index (κ1) is 26.7. The molecule has 1 heterocycles. The third kappa shape index (κ3) is 6.52. The van der Waals surface area contributed by atoms with E-state index in [2.05, 4.69) is 22.9 Å². The van der Waals surface area contributed by atoms with Gasteiger partial charge in [-0.05, 0) is 60.6 Å².